The summed E-state index contributed by atoms with van der Waals surface area (Å²) in [5.74, 6) is -0.737. The number of para-hydroxylation sites is 1. The Bertz CT molecular complexity index is 728. The molecule has 0 aliphatic carbocycles. The van der Waals surface area contributed by atoms with Gasteiger partial charge in [-0.2, -0.15) is 0 Å². The number of amides is 1. The Balaban J connectivity index is 1.66. The van der Waals surface area contributed by atoms with E-state index in [9.17, 15) is 9.59 Å². The van der Waals surface area contributed by atoms with Crippen LogP contribution < -0.4 is 4.90 Å². The summed E-state index contributed by atoms with van der Waals surface area (Å²) in [5.41, 5.74) is 2.04. The van der Waals surface area contributed by atoms with Crippen LogP contribution in [-0.2, 0) is 16.0 Å². The van der Waals surface area contributed by atoms with Crippen LogP contribution in [0.2, 0.25) is 4.34 Å². The van der Waals surface area contributed by atoms with Crippen LogP contribution in [0.1, 0.15) is 22.2 Å². The predicted octanol–water partition coefficient (Wildman–Crippen LogP) is 3.54. The molecule has 0 unspecified atom stereocenters. The van der Waals surface area contributed by atoms with Gasteiger partial charge in [0.2, 0.25) is 0 Å². The molecule has 0 bridgehead atoms. The Morgan fingerprint density at radius 2 is 2.09 bits per heavy atom. The number of benzene rings is 1. The monoisotopic (exact) mass is 335 g/mol. The number of anilines is 1. The number of halogens is 1. The van der Waals surface area contributed by atoms with Crippen molar-refractivity contribution >= 4 is 40.5 Å². The first-order chi connectivity index (χ1) is 10.6. The van der Waals surface area contributed by atoms with Crippen molar-refractivity contribution in [2.45, 2.75) is 19.4 Å². The zero-order valence-corrected chi connectivity index (χ0v) is 13.5. The normalized spacial score (nSPS) is 16.5. The molecule has 1 amide bonds. The van der Waals surface area contributed by atoms with E-state index in [1.807, 2.05) is 31.2 Å². The van der Waals surface area contributed by atoms with E-state index in [4.69, 9.17) is 16.3 Å². The van der Waals surface area contributed by atoms with Gasteiger partial charge in [0.05, 0.1) is 4.34 Å². The second-order valence-corrected chi connectivity index (χ2v) is 6.84. The van der Waals surface area contributed by atoms with Gasteiger partial charge in [0, 0.05) is 11.7 Å². The number of thiophene rings is 1. The number of hydrogen-bond donors (Lipinski definition) is 0. The molecule has 0 N–H and O–H groups in total. The molecule has 3 rings (SSSR count). The maximum atomic E-state index is 12.4. The fourth-order valence-corrected chi connectivity index (χ4v) is 3.57. The average Bonchev–Trinajstić information content (AvgIpc) is 3.07. The Labute approximate surface area is 137 Å². The van der Waals surface area contributed by atoms with E-state index >= 15 is 0 Å². The maximum absolute atomic E-state index is 12.4. The van der Waals surface area contributed by atoms with Crippen LogP contribution in [0.25, 0.3) is 0 Å². The first kappa shape index (κ1) is 15.1. The Morgan fingerprint density at radius 3 is 2.82 bits per heavy atom. The molecule has 1 aromatic heterocycles. The molecule has 114 valence electrons. The average molecular weight is 336 g/mol. The van der Waals surface area contributed by atoms with Crippen molar-refractivity contribution in [1.29, 1.82) is 0 Å². The number of carbonyl (C=O) groups excluding carboxylic acids is 2. The number of esters is 1. The summed E-state index contributed by atoms with van der Waals surface area (Å²) in [6.45, 7) is 1.71. The third-order valence-corrected chi connectivity index (χ3v) is 4.79. The smallest absolute Gasteiger partial charge is 0.348 e. The highest BCUT2D eigenvalue weighted by Crippen LogP contribution is 2.31. The summed E-state index contributed by atoms with van der Waals surface area (Å²) in [4.78, 5) is 26.3. The summed E-state index contributed by atoms with van der Waals surface area (Å²) < 4.78 is 5.61. The summed E-state index contributed by atoms with van der Waals surface area (Å²) in [6.07, 6.45) is 0.816. The quantitative estimate of drug-likeness (QED) is 0.806. The van der Waals surface area contributed by atoms with E-state index in [-0.39, 0.29) is 18.6 Å². The Morgan fingerprint density at radius 1 is 1.32 bits per heavy atom. The molecule has 1 aliphatic heterocycles. The van der Waals surface area contributed by atoms with Crippen molar-refractivity contribution in [3.05, 3.63) is 51.2 Å². The van der Waals surface area contributed by atoms with Crippen molar-refractivity contribution in [2.75, 3.05) is 11.5 Å². The van der Waals surface area contributed by atoms with Crippen molar-refractivity contribution < 1.29 is 14.3 Å². The third kappa shape index (κ3) is 2.87. The van der Waals surface area contributed by atoms with E-state index in [1.165, 1.54) is 0 Å². The predicted molar refractivity (Wildman–Crippen MR) is 86.7 cm³/mol. The summed E-state index contributed by atoms with van der Waals surface area (Å²) in [6, 6.07) is 11.1. The van der Waals surface area contributed by atoms with Gasteiger partial charge in [-0.1, -0.05) is 29.8 Å². The Hall–Kier alpha value is -1.85. The van der Waals surface area contributed by atoms with Gasteiger partial charge in [-0.05, 0) is 37.1 Å². The number of nitrogens with zero attached hydrogens (tertiary/aromatic N) is 1. The van der Waals surface area contributed by atoms with Gasteiger partial charge in [-0.25, -0.2) is 4.79 Å². The van der Waals surface area contributed by atoms with E-state index in [2.05, 4.69) is 0 Å². The maximum Gasteiger partial charge on any atom is 0.348 e. The minimum absolute atomic E-state index is 0.0692. The lowest BCUT2D eigenvalue weighted by molar-refractivity contribution is -0.122. The van der Waals surface area contributed by atoms with Crippen molar-refractivity contribution in [1.82, 2.24) is 0 Å². The topological polar surface area (TPSA) is 46.6 Å². The molecule has 0 saturated heterocycles. The van der Waals surface area contributed by atoms with E-state index in [1.54, 1.807) is 17.0 Å². The van der Waals surface area contributed by atoms with E-state index in [0.29, 0.717) is 9.21 Å². The summed E-state index contributed by atoms with van der Waals surface area (Å²) in [7, 11) is 0. The van der Waals surface area contributed by atoms with Crippen LogP contribution >= 0.6 is 22.9 Å². The lowest BCUT2D eigenvalue weighted by Gasteiger charge is -2.22. The molecular formula is C16H14ClNO3S. The van der Waals surface area contributed by atoms with Gasteiger partial charge in [-0.3, -0.25) is 4.79 Å². The second kappa shape index (κ2) is 6.10. The van der Waals surface area contributed by atoms with Crippen molar-refractivity contribution in [3.8, 4) is 0 Å². The zero-order chi connectivity index (χ0) is 15.7. The molecule has 0 saturated carbocycles. The largest absolute Gasteiger partial charge is 0.451 e. The SMILES string of the molecule is C[C@@H]1Cc2ccccc2N1C(=O)COC(=O)c1ccc(Cl)s1. The molecule has 2 aromatic rings. The standard InChI is InChI=1S/C16H14ClNO3S/c1-10-8-11-4-2-3-5-12(11)18(10)15(19)9-21-16(20)13-6-7-14(17)22-13/h2-7,10H,8-9H2,1H3/t10-/m1/s1. The van der Waals surface area contributed by atoms with Gasteiger partial charge >= 0.3 is 5.97 Å². The van der Waals surface area contributed by atoms with Crippen molar-refractivity contribution in [3.63, 3.8) is 0 Å². The zero-order valence-electron chi connectivity index (χ0n) is 11.9. The minimum Gasteiger partial charge on any atom is -0.451 e. The van der Waals surface area contributed by atoms with Gasteiger partial charge in [0.25, 0.3) is 5.91 Å². The molecule has 0 spiro atoms. The molecule has 1 atom stereocenters. The van der Waals surface area contributed by atoms with Gasteiger partial charge in [0.15, 0.2) is 6.61 Å². The van der Waals surface area contributed by atoms with Crippen LogP contribution in [0.5, 0.6) is 0 Å². The second-order valence-electron chi connectivity index (χ2n) is 5.13. The highest BCUT2D eigenvalue weighted by molar-refractivity contribution is 7.17. The molecule has 2 heterocycles. The molecule has 1 aromatic carbocycles. The highest BCUT2D eigenvalue weighted by Gasteiger charge is 2.31. The van der Waals surface area contributed by atoms with Gasteiger partial charge in [0.1, 0.15) is 4.88 Å². The third-order valence-electron chi connectivity index (χ3n) is 3.58. The van der Waals surface area contributed by atoms with Crippen LogP contribution in [0.3, 0.4) is 0 Å². The van der Waals surface area contributed by atoms with Crippen LogP contribution in [-0.4, -0.2) is 24.5 Å². The molecular weight excluding hydrogens is 322 g/mol. The van der Waals surface area contributed by atoms with Gasteiger partial charge in [-0.15, -0.1) is 11.3 Å². The first-order valence-corrected chi connectivity index (χ1v) is 8.08. The van der Waals surface area contributed by atoms with Crippen molar-refractivity contribution in [2.24, 2.45) is 0 Å². The van der Waals surface area contributed by atoms with Crippen LogP contribution in [0.15, 0.2) is 36.4 Å². The number of fused-ring (bicyclic) bond motifs is 1. The lowest BCUT2D eigenvalue weighted by Crippen LogP contribution is -2.38. The number of ether oxygens (including phenoxy) is 1. The fraction of sp³-hybridized carbons (Fsp3) is 0.250. The first-order valence-electron chi connectivity index (χ1n) is 6.88. The lowest BCUT2D eigenvalue weighted by atomic mass is 10.1. The number of rotatable bonds is 3. The number of hydrogen-bond acceptors (Lipinski definition) is 4. The molecule has 1 aliphatic rings. The van der Waals surface area contributed by atoms with E-state index in [0.717, 1.165) is 29.0 Å². The summed E-state index contributed by atoms with van der Waals surface area (Å²) in [5, 5.41) is 0. The van der Waals surface area contributed by atoms with Gasteiger partial charge < -0.3 is 9.64 Å². The van der Waals surface area contributed by atoms with Crippen LogP contribution in [0, 0.1) is 0 Å². The van der Waals surface area contributed by atoms with Crippen LogP contribution in [0.4, 0.5) is 5.69 Å². The fourth-order valence-electron chi connectivity index (χ4n) is 2.64. The molecule has 0 radical (unpaired) electrons. The number of carbonyl (C=O) groups is 2. The molecule has 22 heavy (non-hydrogen) atoms. The molecule has 4 nitrogen and oxygen atoms in total. The molecule has 0 fully saturated rings. The van der Waals surface area contributed by atoms with E-state index < -0.39 is 5.97 Å². The molecule has 6 heteroatoms. The minimum atomic E-state index is -0.523. The Kier molecular flexibility index (Phi) is 4.18. The summed E-state index contributed by atoms with van der Waals surface area (Å²) >= 11 is 6.92. The highest BCUT2D eigenvalue weighted by atomic mass is 35.5.